The number of nitrogens with one attached hydrogen (secondary N) is 1. The lowest BCUT2D eigenvalue weighted by Crippen LogP contribution is -2.29. The number of alkyl halides is 1. The maximum absolute atomic E-state index is 5.73. The number of rotatable bonds is 7. The van der Waals surface area contributed by atoms with Gasteiger partial charge in [-0.1, -0.05) is 41.9 Å². The normalized spacial score (nSPS) is 11.8. The van der Waals surface area contributed by atoms with Crippen LogP contribution < -0.4 is 5.32 Å². The molecule has 1 aromatic rings. The average Bonchev–Trinajstić information content (AvgIpc) is 2.26. The molecule has 1 N–H and O–H groups in total. The van der Waals surface area contributed by atoms with Crippen LogP contribution in [0.3, 0.4) is 0 Å². The average molecular weight is 319 g/mol. The highest BCUT2D eigenvalue weighted by Gasteiger charge is 2.16. The minimum absolute atomic E-state index is 0.320. The van der Waals surface area contributed by atoms with Gasteiger partial charge in [0.25, 0.3) is 0 Å². The fourth-order valence-electron chi connectivity index (χ4n) is 1.83. The predicted octanol–water partition coefficient (Wildman–Crippen LogP) is 4.58. The van der Waals surface area contributed by atoms with E-state index in [1.807, 2.05) is 6.07 Å². The van der Waals surface area contributed by atoms with Gasteiger partial charge in [-0.25, -0.2) is 0 Å². The lowest BCUT2D eigenvalue weighted by atomic mass is 9.88. The molecule has 0 heterocycles. The van der Waals surface area contributed by atoms with Gasteiger partial charge in [-0.05, 0) is 36.0 Å². The summed E-state index contributed by atoms with van der Waals surface area (Å²) in [6.07, 6.45) is 2.26. The number of halogens is 2. The van der Waals surface area contributed by atoms with Crippen molar-refractivity contribution in [1.29, 1.82) is 0 Å². The molecule has 17 heavy (non-hydrogen) atoms. The summed E-state index contributed by atoms with van der Waals surface area (Å²) in [6.45, 7) is 6.51. The first-order chi connectivity index (χ1) is 8.03. The highest BCUT2D eigenvalue weighted by Crippen LogP contribution is 2.21. The second-order valence-electron chi connectivity index (χ2n) is 5.19. The minimum atomic E-state index is 0.320. The van der Waals surface area contributed by atoms with Crippen molar-refractivity contribution in [3.63, 3.8) is 0 Å². The van der Waals surface area contributed by atoms with Crippen LogP contribution in [0, 0.1) is 5.41 Å². The van der Waals surface area contributed by atoms with Gasteiger partial charge >= 0.3 is 0 Å². The van der Waals surface area contributed by atoms with Crippen LogP contribution >= 0.6 is 27.5 Å². The third-order valence-electron chi connectivity index (χ3n) is 2.81. The first kappa shape index (κ1) is 15.0. The summed E-state index contributed by atoms with van der Waals surface area (Å²) < 4.78 is 1.14. The zero-order valence-corrected chi connectivity index (χ0v) is 12.9. The zero-order chi connectivity index (χ0) is 12.7. The molecule has 0 unspecified atom stereocenters. The highest BCUT2D eigenvalue weighted by atomic mass is 79.9. The maximum Gasteiger partial charge on any atom is 0.0223 e. The standard InChI is InChI=1S/C14H21BrClN/c1-14(2,7-4-8-16)11-17-10-12-5-3-6-13(15)9-12/h3,5-6,9,17H,4,7-8,10-11H2,1-2H3. The molecule has 0 aliphatic heterocycles. The molecule has 0 aromatic heterocycles. The molecule has 96 valence electrons. The summed E-state index contributed by atoms with van der Waals surface area (Å²) in [4.78, 5) is 0. The monoisotopic (exact) mass is 317 g/mol. The smallest absolute Gasteiger partial charge is 0.0223 e. The topological polar surface area (TPSA) is 12.0 Å². The van der Waals surface area contributed by atoms with Crippen molar-refractivity contribution in [3.05, 3.63) is 34.3 Å². The van der Waals surface area contributed by atoms with E-state index in [1.165, 1.54) is 12.0 Å². The second-order valence-corrected chi connectivity index (χ2v) is 6.48. The fraction of sp³-hybridized carbons (Fsp3) is 0.571. The Hall–Kier alpha value is -0.0500. The molecule has 0 bridgehead atoms. The van der Waals surface area contributed by atoms with Gasteiger partial charge in [-0.2, -0.15) is 0 Å². The van der Waals surface area contributed by atoms with Crippen LogP contribution in [-0.4, -0.2) is 12.4 Å². The fourth-order valence-corrected chi connectivity index (χ4v) is 2.41. The van der Waals surface area contributed by atoms with E-state index < -0.39 is 0 Å². The largest absolute Gasteiger partial charge is 0.312 e. The maximum atomic E-state index is 5.73. The Labute approximate surface area is 118 Å². The molecule has 1 aromatic carbocycles. The Morgan fingerprint density at radius 2 is 2.12 bits per heavy atom. The molecular weight excluding hydrogens is 298 g/mol. The van der Waals surface area contributed by atoms with E-state index in [0.717, 1.165) is 29.9 Å². The molecule has 0 fully saturated rings. The van der Waals surface area contributed by atoms with Gasteiger partial charge < -0.3 is 5.32 Å². The molecule has 0 aliphatic rings. The van der Waals surface area contributed by atoms with Crippen LogP contribution in [0.15, 0.2) is 28.7 Å². The van der Waals surface area contributed by atoms with Crippen molar-refractivity contribution in [2.24, 2.45) is 5.41 Å². The Kier molecular flexibility index (Phi) is 6.53. The SMILES string of the molecule is CC(C)(CCCCl)CNCc1cccc(Br)c1. The minimum Gasteiger partial charge on any atom is -0.312 e. The van der Waals surface area contributed by atoms with Gasteiger partial charge in [0, 0.05) is 23.4 Å². The van der Waals surface area contributed by atoms with Gasteiger partial charge in [-0.3, -0.25) is 0 Å². The van der Waals surface area contributed by atoms with Crippen LogP contribution in [0.25, 0.3) is 0 Å². The third kappa shape index (κ3) is 6.44. The van der Waals surface area contributed by atoms with Gasteiger partial charge in [0.15, 0.2) is 0 Å². The number of hydrogen-bond donors (Lipinski definition) is 1. The van der Waals surface area contributed by atoms with Crippen molar-refractivity contribution in [2.45, 2.75) is 33.2 Å². The van der Waals surface area contributed by atoms with Crippen molar-refractivity contribution < 1.29 is 0 Å². The molecular formula is C14H21BrClN. The van der Waals surface area contributed by atoms with Crippen molar-refractivity contribution >= 4 is 27.5 Å². The molecule has 0 atom stereocenters. The van der Waals surface area contributed by atoms with Gasteiger partial charge in [0.1, 0.15) is 0 Å². The van der Waals surface area contributed by atoms with E-state index in [0.29, 0.717) is 5.41 Å². The van der Waals surface area contributed by atoms with Crippen molar-refractivity contribution in [3.8, 4) is 0 Å². The Balaban J connectivity index is 2.32. The zero-order valence-electron chi connectivity index (χ0n) is 10.6. The van der Waals surface area contributed by atoms with E-state index in [1.54, 1.807) is 0 Å². The van der Waals surface area contributed by atoms with Crippen LogP contribution in [-0.2, 0) is 6.54 Å². The summed E-state index contributed by atoms with van der Waals surface area (Å²) in [5.74, 6) is 0.759. The third-order valence-corrected chi connectivity index (χ3v) is 3.57. The van der Waals surface area contributed by atoms with Crippen molar-refractivity contribution in [2.75, 3.05) is 12.4 Å². The van der Waals surface area contributed by atoms with E-state index in [9.17, 15) is 0 Å². The molecule has 3 heteroatoms. The molecule has 0 saturated heterocycles. The molecule has 0 spiro atoms. The van der Waals surface area contributed by atoms with Gasteiger partial charge in [0.2, 0.25) is 0 Å². The van der Waals surface area contributed by atoms with E-state index in [2.05, 4.69) is 53.3 Å². The predicted molar refractivity (Wildman–Crippen MR) is 79.6 cm³/mol. The van der Waals surface area contributed by atoms with Crippen LogP contribution in [0.5, 0.6) is 0 Å². The Bertz CT molecular complexity index is 339. The summed E-state index contributed by atoms with van der Waals surface area (Å²) in [5.41, 5.74) is 1.63. The van der Waals surface area contributed by atoms with E-state index in [-0.39, 0.29) is 0 Å². The molecule has 0 radical (unpaired) electrons. The van der Waals surface area contributed by atoms with Crippen molar-refractivity contribution in [1.82, 2.24) is 5.32 Å². The summed E-state index contributed by atoms with van der Waals surface area (Å²) >= 11 is 9.21. The highest BCUT2D eigenvalue weighted by molar-refractivity contribution is 9.10. The molecule has 0 aliphatic carbocycles. The Morgan fingerprint density at radius 3 is 2.76 bits per heavy atom. The van der Waals surface area contributed by atoms with E-state index in [4.69, 9.17) is 11.6 Å². The lowest BCUT2D eigenvalue weighted by molar-refractivity contribution is 0.311. The first-order valence-corrected chi connectivity index (χ1v) is 7.37. The van der Waals surface area contributed by atoms with Gasteiger partial charge in [0.05, 0.1) is 0 Å². The van der Waals surface area contributed by atoms with Crippen LogP contribution in [0.2, 0.25) is 0 Å². The molecule has 0 saturated carbocycles. The molecule has 1 rings (SSSR count). The Morgan fingerprint density at radius 1 is 1.35 bits per heavy atom. The molecule has 1 nitrogen and oxygen atoms in total. The second kappa shape index (κ2) is 7.40. The first-order valence-electron chi connectivity index (χ1n) is 6.05. The summed E-state index contributed by atoms with van der Waals surface area (Å²) in [5, 5.41) is 3.51. The summed E-state index contributed by atoms with van der Waals surface area (Å²) in [7, 11) is 0. The quantitative estimate of drug-likeness (QED) is 0.725. The van der Waals surface area contributed by atoms with E-state index >= 15 is 0 Å². The lowest BCUT2D eigenvalue weighted by Gasteiger charge is -2.24. The number of hydrogen-bond acceptors (Lipinski definition) is 1. The van der Waals surface area contributed by atoms with Crippen LogP contribution in [0.1, 0.15) is 32.3 Å². The van der Waals surface area contributed by atoms with Crippen LogP contribution in [0.4, 0.5) is 0 Å². The molecule has 0 amide bonds. The number of benzene rings is 1. The summed E-state index contributed by atoms with van der Waals surface area (Å²) in [6, 6.07) is 8.41. The van der Waals surface area contributed by atoms with Gasteiger partial charge in [-0.15, -0.1) is 11.6 Å².